The number of halogens is 2. The molecule has 0 heterocycles. The van der Waals surface area contributed by atoms with E-state index in [9.17, 15) is 18.0 Å². The summed E-state index contributed by atoms with van der Waals surface area (Å²) >= 11 is 12.6. The number of benzene rings is 3. The first kappa shape index (κ1) is 34.2. The molecule has 0 aliphatic heterocycles. The molecule has 0 aliphatic rings. The van der Waals surface area contributed by atoms with E-state index in [-0.39, 0.29) is 29.1 Å². The summed E-state index contributed by atoms with van der Waals surface area (Å²) in [5.41, 5.74) is 1.74. The fourth-order valence-electron chi connectivity index (χ4n) is 4.44. The van der Waals surface area contributed by atoms with Crippen molar-refractivity contribution in [3.8, 4) is 5.75 Å². The number of amides is 2. The van der Waals surface area contributed by atoms with E-state index in [1.807, 2.05) is 27.7 Å². The summed E-state index contributed by atoms with van der Waals surface area (Å²) in [6.45, 7) is 9.22. The largest absolute Gasteiger partial charge is 0.494 e. The standard InChI is InChI=1S/C32H39Cl2N3O5S/c1-6-23(5)35-32(39)30(7-2)36(20-24-11-12-25(33)19-29(24)34)31(38)21-37(26-13-15-27(16-14-26)42-8-3)43(40,41)28-17-9-22(4)10-18-28/h9-19,23,30H,6-8,20-21H2,1-5H3,(H,35,39)/t23-,30-/m1/s1. The van der Waals surface area contributed by atoms with Crippen LogP contribution in [0.3, 0.4) is 0 Å². The molecule has 0 aliphatic carbocycles. The molecule has 0 radical (unpaired) electrons. The number of hydrogen-bond donors (Lipinski definition) is 1. The maximum atomic E-state index is 14.2. The Kier molecular flexibility index (Phi) is 12.3. The van der Waals surface area contributed by atoms with Crippen LogP contribution >= 0.6 is 23.2 Å². The minimum Gasteiger partial charge on any atom is -0.494 e. The molecule has 232 valence electrons. The van der Waals surface area contributed by atoms with Gasteiger partial charge in [-0.15, -0.1) is 0 Å². The van der Waals surface area contributed by atoms with Crippen molar-refractivity contribution in [2.24, 2.45) is 0 Å². The van der Waals surface area contributed by atoms with Gasteiger partial charge in [0, 0.05) is 22.6 Å². The van der Waals surface area contributed by atoms with E-state index in [2.05, 4.69) is 5.32 Å². The number of aryl methyl sites for hydroxylation is 1. The Bertz CT molecular complexity index is 1500. The molecular weight excluding hydrogens is 609 g/mol. The van der Waals surface area contributed by atoms with Crippen molar-refractivity contribution in [3.63, 3.8) is 0 Å². The predicted molar refractivity (Wildman–Crippen MR) is 172 cm³/mol. The molecule has 0 spiro atoms. The minimum absolute atomic E-state index is 0.0248. The number of sulfonamides is 1. The molecule has 0 saturated heterocycles. The number of carbonyl (C=O) groups excluding carboxylic acids is 2. The van der Waals surface area contributed by atoms with Gasteiger partial charge in [-0.05, 0) is 87.7 Å². The zero-order chi connectivity index (χ0) is 31.7. The molecular formula is C32H39Cl2N3O5S. The Morgan fingerprint density at radius 2 is 1.58 bits per heavy atom. The number of hydrogen-bond acceptors (Lipinski definition) is 5. The van der Waals surface area contributed by atoms with Gasteiger partial charge in [0.2, 0.25) is 11.8 Å². The van der Waals surface area contributed by atoms with Crippen LogP contribution in [-0.2, 0) is 26.2 Å². The van der Waals surface area contributed by atoms with Crippen molar-refractivity contribution in [1.29, 1.82) is 0 Å². The van der Waals surface area contributed by atoms with Crippen LogP contribution in [0, 0.1) is 6.92 Å². The molecule has 1 N–H and O–H groups in total. The van der Waals surface area contributed by atoms with Crippen molar-refractivity contribution in [1.82, 2.24) is 10.2 Å². The molecule has 3 aromatic rings. The highest BCUT2D eigenvalue weighted by atomic mass is 35.5. The van der Waals surface area contributed by atoms with Crippen LogP contribution in [0.4, 0.5) is 5.69 Å². The number of rotatable bonds is 14. The Balaban J connectivity index is 2.08. The van der Waals surface area contributed by atoms with Gasteiger partial charge >= 0.3 is 0 Å². The third-order valence-electron chi connectivity index (χ3n) is 7.07. The van der Waals surface area contributed by atoms with Crippen LogP contribution in [0.15, 0.2) is 71.6 Å². The Labute approximate surface area is 265 Å². The zero-order valence-electron chi connectivity index (χ0n) is 25.1. The quantitative estimate of drug-likeness (QED) is 0.212. The van der Waals surface area contributed by atoms with E-state index in [0.29, 0.717) is 40.8 Å². The summed E-state index contributed by atoms with van der Waals surface area (Å²) in [5.74, 6) is -0.330. The minimum atomic E-state index is -4.19. The molecule has 0 unspecified atom stereocenters. The van der Waals surface area contributed by atoms with Gasteiger partial charge in [-0.3, -0.25) is 13.9 Å². The van der Waals surface area contributed by atoms with Crippen LogP contribution in [0.5, 0.6) is 5.75 Å². The molecule has 0 fully saturated rings. The Morgan fingerprint density at radius 3 is 2.14 bits per heavy atom. The van der Waals surface area contributed by atoms with Crippen molar-refractivity contribution in [2.75, 3.05) is 17.5 Å². The highest BCUT2D eigenvalue weighted by Crippen LogP contribution is 2.28. The third kappa shape index (κ3) is 8.87. The van der Waals surface area contributed by atoms with E-state index in [1.54, 1.807) is 61.5 Å². The monoisotopic (exact) mass is 647 g/mol. The maximum absolute atomic E-state index is 14.2. The van der Waals surface area contributed by atoms with Crippen LogP contribution in [0.1, 0.15) is 51.7 Å². The van der Waals surface area contributed by atoms with E-state index in [0.717, 1.165) is 9.87 Å². The molecule has 0 bridgehead atoms. The Morgan fingerprint density at radius 1 is 0.930 bits per heavy atom. The number of ether oxygens (including phenoxy) is 1. The van der Waals surface area contributed by atoms with Gasteiger partial charge in [0.05, 0.1) is 17.2 Å². The fourth-order valence-corrected chi connectivity index (χ4v) is 6.32. The van der Waals surface area contributed by atoms with Crippen LogP contribution in [-0.4, -0.2) is 50.4 Å². The lowest BCUT2D eigenvalue weighted by atomic mass is 10.1. The topological polar surface area (TPSA) is 96.0 Å². The number of anilines is 1. The summed E-state index contributed by atoms with van der Waals surface area (Å²) in [7, 11) is -4.19. The Hall–Kier alpha value is -3.27. The molecule has 2 atom stereocenters. The molecule has 0 aromatic heterocycles. The lowest BCUT2D eigenvalue weighted by Crippen LogP contribution is -2.53. The second-order valence-corrected chi connectivity index (χ2v) is 13.0. The third-order valence-corrected chi connectivity index (χ3v) is 9.44. The molecule has 3 aromatic carbocycles. The number of carbonyl (C=O) groups is 2. The second kappa shape index (κ2) is 15.5. The normalized spacial score (nSPS) is 12.7. The number of nitrogens with zero attached hydrogens (tertiary/aromatic N) is 2. The lowest BCUT2D eigenvalue weighted by molar-refractivity contribution is -0.140. The first-order valence-corrected chi connectivity index (χ1v) is 16.5. The first-order chi connectivity index (χ1) is 20.4. The van der Waals surface area contributed by atoms with Crippen LogP contribution < -0.4 is 14.4 Å². The van der Waals surface area contributed by atoms with Crippen molar-refractivity contribution < 1.29 is 22.7 Å². The van der Waals surface area contributed by atoms with Gasteiger partial charge in [-0.25, -0.2) is 8.42 Å². The maximum Gasteiger partial charge on any atom is 0.264 e. The SMILES string of the molecule is CCOc1ccc(N(CC(=O)N(Cc2ccc(Cl)cc2Cl)[C@H](CC)C(=O)N[C@H](C)CC)S(=O)(=O)c2ccc(C)cc2)cc1. The van der Waals surface area contributed by atoms with Crippen molar-refractivity contribution in [2.45, 2.75) is 71.0 Å². The lowest BCUT2D eigenvalue weighted by Gasteiger charge is -2.34. The smallest absolute Gasteiger partial charge is 0.264 e. The molecule has 11 heteroatoms. The summed E-state index contributed by atoms with van der Waals surface area (Å²) < 4.78 is 34.7. The van der Waals surface area contributed by atoms with Gasteiger partial charge in [0.25, 0.3) is 10.0 Å². The van der Waals surface area contributed by atoms with Gasteiger partial charge in [0.15, 0.2) is 0 Å². The number of nitrogens with one attached hydrogen (secondary N) is 1. The molecule has 8 nitrogen and oxygen atoms in total. The molecule has 3 rings (SSSR count). The summed E-state index contributed by atoms with van der Waals surface area (Å²) in [5, 5.41) is 3.72. The van der Waals surface area contributed by atoms with E-state index < -0.39 is 28.5 Å². The van der Waals surface area contributed by atoms with Gasteiger partial charge in [0.1, 0.15) is 18.3 Å². The second-order valence-electron chi connectivity index (χ2n) is 10.3. The first-order valence-electron chi connectivity index (χ1n) is 14.3. The average molecular weight is 649 g/mol. The molecule has 43 heavy (non-hydrogen) atoms. The van der Waals surface area contributed by atoms with E-state index in [1.165, 1.54) is 17.0 Å². The van der Waals surface area contributed by atoms with E-state index >= 15 is 0 Å². The van der Waals surface area contributed by atoms with E-state index in [4.69, 9.17) is 27.9 Å². The van der Waals surface area contributed by atoms with Crippen molar-refractivity contribution >= 4 is 50.7 Å². The van der Waals surface area contributed by atoms with Gasteiger partial charge in [-0.2, -0.15) is 0 Å². The summed E-state index contributed by atoms with van der Waals surface area (Å²) in [6.07, 6.45) is 1.01. The van der Waals surface area contributed by atoms with Crippen LogP contribution in [0.25, 0.3) is 0 Å². The van der Waals surface area contributed by atoms with Gasteiger partial charge in [-0.1, -0.05) is 60.8 Å². The predicted octanol–water partition coefficient (Wildman–Crippen LogP) is 6.62. The summed E-state index contributed by atoms with van der Waals surface area (Å²) in [4.78, 5) is 29.1. The summed E-state index contributed by atoms with van der Waals surface area (Å²) in [6, 6.07) is 16.8. The van der Waals surface area contributed by atoms with Crippen molar-refractivity contribution in [3.05, 3.63) is 87.9 Å². The van der Waals surface area contributed by atoms with Crippen LogP contribution in [0.2, 0.25) is 10.0 Å². The average Bonchev–Trinajstić information content (AvgIpc) is 2.97. The molecule has 2 amide bonds. The van der Waals surface area contributed by atoms with Gasteiger partial charge < -0.3 is 15.0 Å². The highest BCUT2D eigenvalue weighted by Gasteiger charge is 2.34. The fraction of sp³-hybridized carbons (Fsp3) is 0.375. The molecule has 0 saturated carbocycles. The zero-order valence-corrected chi connectivity index (χ0v) is 27.5. The highest BCUT2D eigenvalue weighted by molar-refractivity contribution is 7.92.